The molecule has 22 heteroatoms. The highest BCUT2D eigenvalue weighted by Gasteiger charge is 2.55. The number of ether oxygens (including phenoxy) is 7. The fraction of sp³-hybridized carbons (Fsp3) is 0.906. The van der Waals surface area contributed by atoms with Crippen molar-refractivity contribution < 1.29 is 93.5 Å². The maximum absolute atomic E-state index is 12.4. The number of hydrogen-bond donors (Lipinski definition) is 12. The first-order chi connectivity index (χ1) is 25.5. The largest absolute Gasteiger partial charge is 0.394 e. The van der Waals surface area contributed by atoms with Crippen molar-refractivity contribution in [1.29, 1.82) is 0 Å². The van der Waals surface area contributed by atoms with Gasteiger partial charge in [0, 0.05) is 26.7 Å². The quantitative estimate of drug-likeness (QED) is 0.0826. The number of carbonyl (C=O) groups excluding carboxylic acids is 3. The van der Waals surface area contributed by atoms with Gasteiger partial charge in [-0.3, -0.25) is 14.4 Å². The number of aliphatic hydroxyl groups is 9. The molecule has 4 fully saturated rings. The summed E-state index contributed by atoms with van der Waals surface area (Å²) in [6.07, 6.45) is -23.5. The van der Waals surface area contributed by atoms with E-state index in [1.807, 2.05) is 0 Å². The van der Waals surface area contributed by atoms with Crippen LogP contribution in [-0.2, 0) is 47.5 Å². The van der Waals surface area contributed by atoms with Crippen molar-refractivity contribution >= 4 is 17.7 Å². The van der Waals surface area contributed by atoms with E-state index in [0.717, 1.165) is 20.8 Å². The Bertz CT molecular complexity index is 1250. The molecule has 0 aromatic rings. The molecule has 0 aromatic carbocycles. The van der Waals surface area contributed by atoms with Gasteiger partial charge in [-0.05, 0) is 6.42 Å². The SMILES string of the molecule is CC[C@@H]1OC(O)C(NC(C)=O)C(O)[C@@H]1O[C@@H]1OC(CO)[C@@H](O[C@@H]2O[C@@H](CO)[C@@H](O[C@@H]3OC(CO)[C@@H](O)[C@H](O)C3C)C(O)C2NC(C)=O)[C@H](O)C1NC(C)=O. The average Bonchev–Trinajstić information content (AvgIpc) is 3.12. The summed E-state index contributed by atoms with van der Waals surface area (Å²) in [6.45, 7) is 4.24. The van der Waals surface area contributed by atoms with Crippen molar-refractivity contribution in [1.82, 2.24) is 16.0 Å². The first-order valence-electron chi connectivity index (χ1n) is 17.8. The number of amides is 3. The first-order valence-corrected chi connectivity index (χ1v) is 17.8. The van der Waals surface area contributed by atoms with Gasteiger partial charge in [-0.2, -0.15) is 0 Å². The summed E-state index contributed by atoms with van der Waals surface area (Å²) in [7, 11) is 0. The van der Waals surface area contributed by atoms with E-state index in [1.165, 1.54) is 6.92 Å². The Morgan fingerprint density at radius 1 is 0.519 bits per heavy atom. The second-order valence-electron chi connectivity index (χ2n) is 13.9. The predicted octanol–water partition coefficient (Wildman–Crippen LogP) is -6.62. The van der Waals surface area contributed by atoms with Crippen LogP contribution in [0.25, 0.3) is 0 Å². The molecular formula is C32H55N3O19. The Labute approximate surface area is 310 Å². The average molecular weight is 786 g/mol. The summed E-state index contributed by atoms with van der Waals surface area (Å²) in [5.74, 6) is -2.84. The summed E-state index contributed by atoms with van der Waals surface area (Å²) in [5, 5.41) is 103. The van der Waals surface area contributed by atoms with Gasteiger partial charge in [0.15, 0.2) is 25.2 Å². The van der Waals surface area contributed by atoms with Crippen LogP contribution in [-0.4, -0.2) is 200 Å². The van der Waals surface area contributed by atoms with Crippen LogP contribution >= 0.6 is 0 Å². The fourth-order valence-electron chi connectivity index (χ4n) is 7.14. The molecule has 9 unspecified atom stereocenters. The van der Waals surface area contributed by atoms with Crippen LogP contribution in [0.5, 0.6) is 0 Å². The number of hydrogen-bond acceptors (Lipinski definition) is 19. The van der Waals surface area contributed by atoms with Crippen LogP contribution in [0.2, 0.25) is 0 Å². The van der Waals surface area contributed by atoms with Gasteiger partial charge in [0.1, 0.15) is 79.2 Å². The maximum atomic E-state index is 12.4. The molecule has 12 N–H and O–H groups in total. The molecule has 0 spiro atoms. The Balaban J connectivity index is 1.59. The highest BCUT2D eigenvalue weighted by Crippen LogP contribution is 2.35. The normalized spacial score (nSPS) is 45.7. The summed E-state index contributed by atoms with van der Waals surface area (Å²) >= 11 is 0. The van der Waals surface area contributed by atoms with Crippen LogP contribution in [0.15, 0.2) is 0 Å². The van der Waals surface area contributed by atoms with E-state index in [9.17, 15) is 60.3 Å². The second kappa shape index (κ2) is 19.3. The van der Waals surface area contributed by atoms with Gasteiger partial charge in [-0.25, -0.2) is 0 Å². The maximum Gasteiger partial charge on any atom is 0.217 e. The van der Waals surface area contributed by atoms with Crippen LogP contribution in [0.3, 0.4) is 0 Å². The molecule has 22 nitrogen and oxygen atoms in total. The van der Waals surface area contributed by atoms with Crippen molar-refractivity contribution in [3.8, 4) is 0 Å². The lowest BCUT2D eigenvalue weighted by Crippen LogP contribution is -2.71. The van der Waals surface area contributed by atoms with Gasteiger partial charge in [-0.15, -0.1) is 0 Å². The van der Waals surface area contributed by atoms with E-state index in [-0.39, 0.29) is 6.42 Å². The standard InChI is InChI=1S/C32H55N3O19/c1-6-14-26(23(44)18(29(47)48-14)33-11(3)39)53-31-20(35-13(5)41)25(46)28(17(9-38)51-31)54-32-19(34-12(4)40)24(45)27(16(8-37)50-32)52-30-10(2)21(42)22(43)15(7-36)49-30/h10,14-32,36-38,42-47H,6-9H2,1-5H3,(H,33,39)(H,34,40)(H,35,41)/t10?,14-,15?,16-,17?,18?,19?,20?,21+,22+,23?,24?,25+,26+,27+,28+,29?,30-,31-,32-/m0/s1. The molecule has 4 heterocycles. The van der Waals surface area contributed by atoms with E-state index in [4.69, 9.17) is 33.2 Å². The molecule has 312 valence electrons. The molecule has 4 aliphatic heterocycles. The first kappa shape index (κ1) is 44.5. The van der Waals surface area contributed by atoms with E-state index in [2.05, 4.69) is 16.0 Å². The summed E-state index contributed by atoms with van der Waals surface area (Å²) in [5.41, 5.74) is 0. The number of carbonyl (C=O) groups is 3. The van der Waals surface area contributed by atoms with Gasteiger partial charge >= 0.3 is 0 Å². The van der Waals surface area contributed by atoms with E-state index in [0.29, 0.717) is 0 Å². The number of aliphatic hydroxyl groups excluding tert-OH is 9. The minimum absolute atomic E-state index is 0.194. The molecule has 3 amide bonds. The molecule has 4 aliphatic rings. The minimum Gasteiger partial charge on any atom is -0.394 e. The zero-order valence-corrected chi connectivity index (χ0v) is 30.5. The van der Waals surface area contributed by atoms with Gasteiger partial charge in [0.2, 0.25) is 17.7 Å². The van der Waals surface area contributed by atoms with Gasteiger partial charge in [-0.1, -0.05) is 13.8 Å². The molecular weight excluding hydrogens is 730 g/mol. The zero-order chi connectivity index (χ0) is 40.2. The molecule has 0 aromatic heterocycles. The topological polar surface area (TPSA) is 334 Å². The molecule has 54 heavy (non-hydrogen) atoms. The Hall–Kier alpha value is -2.23. The molecule has 0 aliphatic carbocycles. The number of rotatable bonds is 13. The van der Waals surface area contributed by atoms with Crippen molar-refractivity contribution in [3.63, 3.8) is 0 Å². The molecule has 4 saturated heterocycles. The van der Waals surface area contributed by atoms with Crippen LogP contribution < -0.4 is 16.0 Å². The smallest absolute Gasteiger partial charge is 0.217 e. The summed E-state index contributed by atoms with van der Waals surface area (Å²) in [6, 6.07) is -4.30. The number of nitrogens with one attached hydrogen (secondary N) is 3. The Morgan fingerprint density at radius 2 is 0.889 bits per heavy atom. The fourth-order valence-corrected chi connectivity index (χ4v) is 7.14. The molecule has 4 rings (SSSR count). The van der Waals surface area contributed by atoms with Crippen molar-refractivity contribution in [3.05, 3.63) is 0 Å². The van der Waals surface area contributed by atoms with Crippen molar-refractivity contribution in [2.24, 2.45) is 5.92 Å². The highest BCUT2D eigenvalue weighted by atomic mass is 16.8. The Kier molecular flexibility index (Phi) is 15.9. The highest BCUT2D eigenvalue weighted by molar-refractivity contribution is 5.74. The van der Waals surface area contributed by atoms with E-state index >= 15 is 0 Å². The van der Waals surface area contributed by atoms with Crippen molar-refractivity contribution in [2.45, 2.75) is 158 Å². The lowest BCUT2D eigenvalue weighted by atomic mass is 9.91. The second-order valence-corrected chi connectivity index (χ2v) is 13.9. The van der Waals surface area contributed by atoms with Crippen LogP contribution in [0.4, 0.5) is 0 Å². The molecule has 0 bridgehead atoms. The molecule has 20 atom stereocenters. The third kappa shape index (κ3) is 9.82. The van der Waals surface area contributed by atoms with E-state index < -0.39 is 160 Å². The van der Waals surface area contributed by atoms with Gasteiger partial charge in [0.05, 0.1) is 32.0 Å². The zero-order valence-electron chi connectivity index (χ0n) is 30.5. The van der Waals surface area contributed by atoms with E-state index in [1.54, 1.807) is 6.92 Å². The third-order valence-corrected chi connectivity index (χ3v) is 9.97. The Morgan fingerprint density at radius 3 is 1.30 bits per heavy atom. The van der Waals surface area contributed by atoms with Gasteiger partial charge < -0.3 is 95.1 Å². The lowest BCUT2D eigenvalue weighted by Gasteiger charge is -2.50. The molecule has 0 radical (unpaired) electrons. The summed E-state index contributed by atoms with van der Waals surface area (Å²) < 4.78 is 41.2. The lowest BCUT2D eigenvalue weighted by molar-refractivity contribution is -0.363. The van der Waals surface area contributed by atoms with Gasteiger partial charge in [0.25, 0.3) is 0 Å². The van der Waals surface area contributed by atoms with Crippen molar-refractivity contribution in [2.75, 3.05) is 19.8 Å². The predicted molar refractivity (Wildman–Crippen MR) is 175 cm³/mol. The third-order valence-electron chi connectivity index (χ3n) is 9.97. The van der Waals surface area contributed by atoms with Crippen LogP contribution in [0.1, 0.15) is 41.0 Å². The minimum atomic E-state index is -1.79. The summed E-state index contributed by atoms with van der Waals surface area (Å²) in [4.78, 5) is 36.5. The van der Waals surface area contributed by atoms with Crippen LogP contribution in [0, 0.1) is 5.92 Å². The monoisotopic (exact) mass is 785 g/mol. The molecule has 0 saturated carbocycles.